The Labute approximate surface area is 212 Å². The third-order valence-electron chi connectivity index (χ3n) is 6.13. The predicted molar refractivity (Wildman–Crippen MR) is 141 cm³/mol. The number of aryl methyl sites for hydroxylation is 1. The fraction of sp³-hybridized carbons (Fsp3) is 0.440. The number of nitrogens with zero attached hydrogens (tertiary/aromatic N) is 3. The Hall–Kier alpha value is -2.22. The van der Waals surface area contributed by atoms with Crippen LogP contribution >= 0.6 is 24.8 Å². The van der Waals surface area contributed by atoms with Gasteiger partial charge in [0.05, 0.1) is 5.52 Å². The van der Waals surface area contributed by atoms with Gasteiger partial charge in [0.25, 0.3) is 0 Å². The van der Waals surface area contributed by atoms with Crippen LogP contribution in [0.1, 0.15) is 37.7 Å². The van der Waals surface area contributed by atoms with Crippen LogP contribution in [-0.4, -0.2) is 42.7 Å². The van der Waals surface area contributed by atoms with Gasteiger partial charge in [-0.2, -0.15) is 4.98 Å². The lowest BCUT2D eigenvalue weighted by Gasteiger charge is -2.30. The molecule has 0 atom stereocenters. The first-order chi connectivity index (χ1) is 15.5. The van der Waals surface area contributed by atoms with E-state index in [9.17, 15) is 8.78 Å². The summed E-state index contributed by atoms with van der Waals surface area (Å²) in [7, 11) is 4.00. The average Bonchev–Trinajstić information content (AvgIpc) is 2.79. The van der Waals surface area contributed by atoms with E-state index >= 15 is 0 Å². The number of para-hydroxylation sites is 1. The Kier molecular flexibility index (Phi) is 10.7. The standard InChI is InChI=1S/C25H31F2N5.2ClH/c1-32(2)24-20-7-3-4-8-23(20)30-25(31-24)29-19-12-10-18(11-13-19)28-15-5-6-17-9-14-21(26)22(27)16-17;;/h3-4,7-9,14,16,18-19,28H,5-6,10-13,15H2,1-2H3,(H,29,30,31);2*1H. The van der Waals surface area contributed by atoms with Crippen LogP contribution in [0.25, 0.3) is 10.9 Å². The van der Waals surface area contributed by atoms with Gasteiger partial charge in [-0.05, 0) is 74.9 Å². The number of halogens is 4. The van der Waals surface area contributed by atoms with Crippen molar-refractivity contribution in [2.45, 2.75) is 50.6 Å². The molecule has 0 amide bonds. The highest BCUT2D eigenvalue weighted by Gasteiger charge is 2.22. The van der Waals surface area contributed by atoms with Crippen LogP contribution in [0.15, 0.2) is 42.5 Å². The number of fused-ring (bicyclic) bond motifs is 1. The van der Waals surface area contributed by atoms with Crippen LogP contribution in [0.3, 0.4) is 0 Å². The molecule has 1 fully saturated rings. The third kappa shape index (κ3) is 7.14. The molecule has 9 heteroatoms. The normalized spacial score (nSPS) is 17.5. The van der Waals surface area contributed by atoms with Crippen LogP contribution in [0.5, 0.6) is 0 Å². The van der Waals surface area contributed by atoms with Gasteiger partial charge in [0, 0.05) is 31.6 Å². The van der Waals surface area contributed by atoms with Crippen molar-refractivity contribution in [1.82, 2.24) is 15.3 Å². The molecule has 0 radical (unpaired) electrons. The lowest BCUT2D eigenvalue weighted by Crippen LogP contribution is -2.37. The molecule has 0 bridgehead atoms. The van der Waals surface area contributed by atoms with Crippen LogP contribution in [0, 0.1) is 11.6 Å². The van der Waals surface area contributed by atoms with Crippen LogP contribution in [0.2, 0.25) is 0 Å². The molecular weight excluding hydrogens is 479 g/mol. The molecule has 4 rings (SSSR count). The maximum absolute atomic E-state index is 13.3. The molecule has 1 aliphatic carbocycles. The second kappa shape index (κ2) is 13.0. The predicted octanol–water partition coefficient (Wildman–Crippen LogP) is 5.76. The number of rotatable bonds is 8. The fourth-order valence-corrected chi connectivity index (χ4v) is 4.38. The van der Waals surface area contributed by atoms with Gasteiger partial charge in [0.1, 0.15) is 5.82 Å². The fourth-order valence-electron chi connectivity index (χ4n) is 4.38. The molecule has 5 nitrogen and oxygen atoms in total. The zero-order valence-corrected chi connectivity index (χ0v) is 21.2. The highest BCUT2D eigenvalue weighted by atomic mass is 35.5. The van der Waals surface area contributed by atoms with Crippen molar-refractivity contribution in [3.63, 3.8) is 0 Å². The molecule has 0 unspecified atom stereocenters. The van der Waals surface area contributed by atoms with E-state index in [1.54, 1.807) is 6.07 Å². The number of benzene rings is 2. The monoisotopic (exact) mass is 511 g/mol. The first-order valence-corrected chi connectivity index (χ1v) is 11.4. The summed E-state index contributed by atoms with van der Waals surface area (Å²) in [5, 5.41) is 8.22. The minimum atomic E-state index is -0.788. The molecule has 1 aliphatic rings. The zero-order valence-electron chi connectivity index (χ0n) is 19.6. The summed E-state index contributed by atoms with van der Waals surface area (Å²) in [6, 6.07) is 13.1. The summed E-state index contributed by atoms with van der Waals surface area (Å²) in [5.74, 6) is 0.0588. The maximum atomic E-state index is 13.3. The summed E-state index contributed by atoms with van der Waals surface area (Å²) >= 11 is 0. The second-order valence-corrected chi connectivity index (χ2v) is 8.78. The summed E-state index contributed by atoms with van der Waals surface area (Å²) in [6.45, 7) is 0.877. The number of nitrogens with one attached hydrogen (secondary N) is 2. The first-order valence-electron chi connectivity index (χ1n) is 11.4. The molecule has 1 saturated carbocycles. The number of aromatic nitrogens is 2. The second-order valence-electron chi connectivity index (χ2n) is 8.78. The molecular formula is C25H33Cl2F2N5. The summed E-state index contributed by atoms with van der Waals surface area (Å²) < 4.78 is 26.3. The number of anilines is 2. The summed E-state index contributed by atoms with van der Waals surface area (Å²) in [5.41, 5.74) is 1.79. The summed E-state index contributed by atoms with van der Waals surface area (Å²) in [6.07, 6.45) is 5.96. The molecule has 1 heterocycles. The van der Waals surface area contributed by atoms with Crippen molar-refractivity contribution >= 4 is 47.5 Å². The SMILES string of the molecule is CN(C)c1nc(NC2CCC(NCCCc3ccc(F)c(F)c3)CC2)nc2ccccc12.Cl.Cl. The van der Waals surface area contributed by atoms with E-state index in [2.05, 4.69) is 16.7 Å². The smallest absolute Gasteiger partial charge is 0.225 e. The van der Waals surface area contributed by atoms with Gasteiger partial charge in [-0.15, -0.1) is 24.8 Å². The molecule has 34 heavy (non-hydrogen) atoms. The van der Waals surface area contributed by atoms with E-state index in [1.165, 1.54) is 12.1 Å². The van der Waals surface area contributed by atoms with Crippen LogP contribution < -0.4 is 15.5 Å². The summed E-state index contributed by atoms with van der Waals surface area (Å²) in [4.78, 5) is 11.5. The molecule has 2 N–H and O–H groups in total. The minimum absolute atomic E-state index is 0. The molecule has 0 saturated heterocycles. The average molecular weight is 512 g/mol. The first kappa shape index (κ1) is 28.0. The Morgan fingerprint density at radius 1 is 0.912 bits per heavy atom. The van der Waals surface area contributed by atoms with E-state index < -0.39 is 11.6 Å². The van der Waals surface area contributed by atoms with E-state index in [0.29, 0.717) is 18.0 Å². The van der Waals surface area contributed by atoms with E-state index in [4.69, 9.17) is 9.97 Å². The maximum Gasteiger partial charge on any atom is 0.225 e. The Morgan fingerprint density at radius 2 is 1.62 bits per heavy atom. The Balaban J connectivity index is 0.00000204. The van der Waals surface area contributed by atoms with Gasteiger partial charge in [0.2, 0.25) is 5.95 Å². The number of hydrogen-bond donors (Lipinski definition) is 2. The molecule has 0 aliphatic heterocycles. The largest absolute Gasteiger partial charge is 0.362 e. The van der Waals surface area contributed by atoms with Crippen LogP contribution in [-0.2, 0) is 6.42 Å². The Bertz CT molecular complexity index is 1060. The van der Waals surface area contributed by atoms with E-state index in [0.717, 1.165) is 67.4 Å². The van der Waals surface area contributed by atoms with E-state index in [1.807, 2.05) is 37.2 Å². The molecule has 1 aromatic heterocycles. The third-order valence-corrected chi connectivity index (χ3v) is 6.13. The zero-order chi connectivity index (χ0) is 22.5. The van der Waals surface area contributed by atoms with Crippen LogP contribution in [0.4, 0.5) is 20.5 Å². The molecule has 0 spiro atoms. The topological polar surface area (TPSA) is 53.1 Å². The molecule has 2 aromatic carbocycles. The minimum Gasteiger partial charge on any atom is -0.362 e. The lowest BCUT2D eigenvalue weighted by molar-refractivity contribution is 0.352. The van der Waals surface area contributed by atoms with Gasteiger partial charge >= 0.3 is 0 Å². The van der Waals surface area contributed by atoms with E-state index in [-0.39, 0.29) is 24.8 Å². The lowest BCUT2D eigenvalue weighted by atomic mass is 9.91. The highest BCUT2D eigenvalue weighted by molar-refractivity contribution is 5.90. The highest BCUT2D eigenvalue weighted by Crippen LogP contribution is 2.26. The Morgan fingerprint density at radius 3 is 2.32 bits per heavy atom. The van der Waals surface area contributed by atoms with Crippen molar-refractivity contribution in [2.24, 2.45) is 0 Å². The van der Waals surface area contributed by atoms with Crippen molar-refractivity contribution < 1.29 is 8.78 Å². The quantitative estimate of drug-likeness (QED) is 0.376. The van der Waals surface area contributed by atoms with Crippen molar-refractivity contribution in [1.29, 1.82) is 0 Å². The van der Waals surface area contributed by atoms with Gasteiger partial charge in [-0.3, -0.25) is 0 Å². The van der Waals surface area contributed by atoms with Gasteiger partial charge in [0.15, 0.2) is 11.6 Å². The molecule has 186 valence electrons. The number of hydrogen-bond acceptors (Lipinski definition) is 5. The van der Waals surface area contributed by atoms with Crippen molar-refractivity contribution in [3.8, 4) is 0 Å². The van der Waals surface area contributed by atoms with Gasteiger partial charge < -0.3 is 15.5 Å². The molecule has 3 aromatic rings. The van der Waals surface area contributed by atoms with Gasteiger partial charge in [-0.1, -0.05) is 18.2 Å². The van der Waals surface area contributed by atoms with Gasteiger partial charge in [-0.25, -0.2) is 13.8 Å². The van der Waals surface area contributed by atoms with Crippen molar-refractivity contribution in [2.75, 3.05) is 30.9 Å². The van der Waals surface area contributed by atoms with Crippen molar-refractivity contribution in [3.05, 3.63) is 59.7 Å².